The number of carbonyl (C=O) groups is 1. The molecule has 0 spiro atoms. The highest BCUT2D eigenvalue weighted by Gasteiger charge is 2.40. The largest absolute Gasteiger partial charge is 0.324 e. The third kappa shape index (κ3) is 2.31. The molecule has 2 aliphatic carbocycles. The van der Waals surface area contributed by atoms with E-state index in [9.17, 15) is 4.79 Å². The number of benzene rings is 2. The normalized spacial score (nSPS) is 16.8. The maximum atomic E-state index is 12.2. The van der Waals surface area contributed by atoms with Gasteiger partial charge in [-0.25, -0.2) is 0 Å². The molecule has 114 valence electrons. The highest BCUT2D eigenvalue weighted by atomic mass is 35.5. The van der Waals surface area contributed by atoms with Crippen LogP contribution < -0.4 is 11.1 Å². The molecule has 2 aromatic rings. The lowest BCUT2D eigenvalue weighted by atomic mass is 9.77. The van der Waals surface area contributed by atoms with Crippen molar-refractivity contribution in [3.8, 4) is 11.1 Å². The smallest absolute Gasteiger partial charge is 0.244 e. The minimum absolute atomic E-state index is 0. The molecule has 0 heterocycles. The number of amides is 1. The Labute approximate surface area is 136 Å². The lowest BCUT2D eigenvalue weighted by Gasteiger charge is -2.36. The Kier molecular flexibility index (Phi) is 3.71. The maximum absolute atomic E-state index is 12.2. The van der Waals surface area contributed by atoms with E-state index >= 15 is 0 Å². The Hall–Kier alpha value is -1.84. The van der Waals surface area contributed by atoms with Crippen molar-refractivity contribution in [1.82, 2.24) is 0 Å². The van der Waals surface area contributed by atoms with Gasteiger partial charge >= 0.3 is 0 Å². The predicted octanol–water partition coefficient (Wildman–Crippen LogP) is 3.50. The van der Waals surface area contributed by atoms with Gasteiger partial charge in [0.1, 0.15) is 0 Å². The fraction of sp³-hybridized carbons (Fsp3) is 0.278. The van der Waals surface area contributed by atoms with E-state index in [0.29, 0.717) is 0 Å². The summed E-state index contributed by atoms with van der Waals surface area (Å²) in [4.78, 5) is 12.2. The second-order valence-corrected chi connectivity index (χ2v) is 6.17. The first kappa shape index (κ1) is 15.1. The lowest BCUT2D eigenvalue weighted by Crippen LogP contribution is -2.56. The zero-order chi connectivity index (χ0) is 14.4. The molecule has 2 aromatic carbocycles. The van der Waals surface area contributed by atoms with E-state index in [4.69, 9.17) is 5.73 Å². The van der Waals surface area contributed by atoms with E-state index in [0.717, 1.165) is 31.4 Å². The van der Waals surface area contributed by atoms with E-state index in [2.05, 4.69) is 41.7 Å². The zero-order valence-corrected chi connectivity index (χ0v) is 13.1. The van der Waals surface area contributed by atoms with Gasteiger partial charge in [0.05, 0.1) is 5.54 Å². The van der Waals surface area contributed by atoms with Crippen LogP contribution >= 0.6 is 12.4 Å². The van der Waals surface area contributed by atoms with E-state index in [1.54, 1.807) is 0 Å². The average Bonchev–Trinajstić information content (AvgIpc) is 2.82. The molecule has 0 atom stereocenters. The molecule has 4 rings (SSSR count). The van der Waals surface area contributed by atoms with Crippen molar-refractivity contribution in [3.05, 3.63) is 53.6 Å². The van der Waals surface area contributed by atoms with Crippen LogP contribution in [0.1, 0.15) is 30.4 Å². The van der Waals surface area contributed by atoms with Crippen LogP contribution in [0.25, 0.3) is 11.1 Å². The van der Waals surface area contributed by atoms with E-state index in [1.165, 1.54) is 22.3 Å². The third-order valence-electron chi connectivity index (χ3n) is 4.75. The van der Waals surface area contributed by atoms with Crippen molar-refractivity contribution < 1.29 is 4.79 Å². The van der Waals surface area contributed by atoms with E-state index in [1.807, 2.05) is 6.07 Å². The van der Waals surface area contributed by atoms with Gasteiger partial charge in [0, 0.05) is 5.69 Å². The Balaban J connectivity index is 0.00000144. The van der Waals surface area contributed by atoms with Crippen LogP contribution in [-0.2, 0) is 11.2 Å². The van der Waals surface area contributed by atoms with Crippen LogP contribution in [-0.4, -0.2) is 11.4 Å². The molecule has 0 aliphatic heterocycles. The minimum atomic E-state index is -0.651. The number of rotatable bonds is 2. The first-order chi connectivity index (χ1) is 10.2. The van der Waals surface area contributed by atoms with Gasteiger partial charge in [-0.2, -0.15) is 0 Å². The molecule has 4 heteroatoms. The minimum Gasteiger partial charge on any atom is -0.324 e. The highest BCUT2D eigenvalue weighted by molar-refractivity contribution is 5.99. The number of nitrogens with one attached hydrogen (secondary N) is 1. The van der Waals surface area contributed by atoms with Crippen molar-refractivity contribution in [2.75, 3.05) is 5.32 Å². The zero-order valence-electron chi connectivity index (χ0n) is 12.3. The van der Waals surface area contributed by atoms with Crippen molar-refractivity contribution in [3.63, 3.8) is 0 Å². The first-order valence-electron chi connectivity index (χ1n) is 7.47. The Morgan fingerprint density at radius 1 is 1.05 bits per heavy atom. The third-order valence-corrected chi connectivity index (χ3v) is 4.75. The fourth-order valence-electron chi connectivity index (χ4n) is 3.26. The fourth-order valence-corrected chi connectivity index (χ4v) is 3.26. The molecule has 1 fully saturated rings. The van der Waals surface area contributed by atoms with Gasteiger partial charge in [-0.05, 0) is 60.1 Å². The quantitative estimate of drug-likeness (QED) is 0.760. The van der Waals surface area contributed by atoms with Crippen LogP contribution in [0.3, 0.4) is 0 Å². The molecule has 2 aliphatic rings. The number of hydrogen-bond donors (Lipinski definition) is 2. The van der Waals surface area contributed by atoms with Crippen molar-refractivity contribution >= 4 is 24.0 Å². The number of fused-ring (bicyclic) bond motifs is 3. The Morgan fingerprint density at radius 3 is 2.50 bits per heavy atom. The molecule has 0 unspecified atom stereocenters. The summed E-state index contributed by atoms with van der Waals surface area (Å²) in [5.74, 6) is -0.0517. The molecular formula is C18H19ClN2O. The van der Waals surface area contributed by atoms with Crippen LogP contribution in [0.5, 0.6) is 0 Å². The molecular weight excluding hydrogens is 296 g/mol. The van der Waals surface area contributed by atoms with E-state index in [-0.39, 0.29) is 18.3 Å². The van der Waals surface area contributed by atoms with Crippen LogP contribution in [0, 0.1) is 0 Å². The van der Waals surface area contributed by atoms with E-state index < -0.39 is 5.54 Å². The summed E-state index contributed by atoms with van der Waals surface area (Å²) >= 11 is 0. The van der Waals surface area contributed by atoms with Crippen LogP contribution in [0.15, 0.2) is 42.5 Å². The van der Waals surface area contributed by atoms with Gasteiger partial charge in [0.25, 0.3) is 0 Å². The predicted molar refractivity (Wildman–Crippen MR) is 91.3 cm³/mol. The molecule has 0 saturated heterocycles. The number of carbonyl (C=O) groups excluding carboxylic acids is 1. The molecule has 0 aromatic heterocycles. The van der Waals surface area contributed by atoms with Crippen LogP contribution in [0.2, 0.25) is 0 Å². The summed E-state index contributed by atoms with van der Waals surface area (Å²) in [5, 5.41) is 2.98. The van der Waals surface area contributed by atoms with Gasteiger partial charge in [-0.15, -0.1) is 12.4 Å². The van der Waals surface area contributed by atoms with Crippen molar-refractivity contribution in [2.24, 2.45) is 5.73 Å². The number of hydrogen-bond acceptors (Lipinski definition) is 2. The van der Waals surface area contributed by atoms with Gasteiger partial charge in [-0.1, -0.05) is 30.3 Å². The monoisotopic (exact) mass is 314 g/mol. The number of nitrogens with two attached hydrogens (primary N) is 1. The van der Waals surface area contributed by atoms with Gasteiger partial charge < -0.3 is 11.1 Å². The lowest BCUT2D eigenvalue weighted by molar-refractivity contribution is -0.123. The number of anilines is 1. The SMILES string of the molecule is Cl.NC1(C(=O)Nc2ccc3c(c2)Cc2ccccc2-3)CCC1. The van der Waals surface area contributed by atoms with Crippen molar-refractivity contribution in [2.45, 2.75) is 31.2 Å². The summed E-state index contributed by atoms with van der Waals surface area (Å²) < 4.78 is 0. The highest BCUT2D eigenvalue weighted by Crippen LogP contribution is 2.38. The Morgan fingerprint density at radius 2 is 1.77 bits per heavy atom. The van der Waals surface area contributed by atoms with Gasteiger partial charge in [0.2, 0.25) is 5.91 Å². The average molecular weight is 315 g/mol. The molecule has 1 amide bonds. The molecule has 3 nitrogen and oxygen atoms in total. The van der Waals surface area contributed by atoms with Gasteiger partial charge in [-0.3, -0.25) is 4.79 Å². The van der Waals surface area contributed by atoms with Crippen molar-refractivity contribution in [1.29, 1.82) is 0 Å². The summed E-state index contributed by atoms with van der Waals surface area (Å²) in [6.45, 7) is 0. The second kappa shape index (κ2) is 5.41. The topological polar surface area (TPSA) is 55.1 Å². The standard InChI is InChI=1S/C18H18N2O.ClH/c19-18(8-3-9-18)17(21)20-14-6-7-16-13(11-14)10-12-4-1-2-5-15(12)16;/h1-2,4-7,11H,3,8-10,19H2,(H,20,21);1H. The second-order valence-electron chi connectivity index (χ2n) is 6.17. The summed E-state index contributed by atoms with van der Waals surface area (Å²) in [6, 6.07) is 14.6. The summed E-state index contributed by atoms with van der Waals surface area (Å²) in [7, 11) is 0. The summed E-state index contributed by atoms with van der Waals surface area (Å²) in [6.07, 6.45) is 3.55. The molecule has 0 bridgehead atoms. The molecule has 0 radical (unpaired) electrons. The molecule has 3 N–H and O–H groups in total. The van der Waals surface area contributed by atoms with Gasteiger partial charge in [0.15, 0.2) is 0 Å². The summed E-state index contributed by atoms with van der Waals surface area (Å²) in [5.41, 5.74) is 11.5. The Bertz CT molecular complexity index is 738. The maximum Gasteiger partial charge on any atom is 0.244 e. The first-order valence-corrected chi connectivity index (χ1v) is 7.47. The molecule has 22 heavy (non-hydrogen) atoms. The molecule has 1 saturated carbocycles. The van der Waals surface area contributed by atoms with Crippen LogP contribution in [0.4, 0.5) is 5.69 Å². The number of halogens is 1.